The summed E-state index contributed by atoms with van der Waals surface area (Å²) in [5.74, 6) is 0. The van der Waals surface area contributed by atoms with Crippen molar-refractivity contribution in [1.29, 1.82) is 0 Å². The number of hydrogen-bond acceptors (Lipinski definition) is 0. The van der Waals surface area contributed by atoms with Gasteiger partial charge in [0.05, 0.1) is 10.8 Å². The van der Waals surface area contributed by atoms with Gasteiger partial charge in [-0.05, 0) is 18.2 Å². The van der Waals surface area contributed by atoms with Gasteiger partial charge in [0.25, 0.3) is 11.4 Å². The second-order valence-electron chi connectivity index (χ2n) is 5.67. The normalized spacial score (nSPS) is 10.2. The average Bonchev–Trinajstić information content (AvgIpc) is 2.57. The molecule has 0 radical (unpaired) electrons. The SMILES string of the molecule is C[n+]1ccccc1-c1c2ccccc2c2ccccc2[n+]1C.[Cl-].[Cl-]. The highest BCUT2D eigenvalue weighted by atomic mass is 35.5. The zero-order valence-corrected chi connectivity index (χ0v) is 15.1. The van der Waals surface area contributed by atoms with Gasteiger partial charge in [-0.1, -0.05) is 30.3 Å². The molecule has 4 heteroatoms. The maximum atomic E-state index is 2.30. The number of nitrogens with zero attached hydrogens (tertiary/aromatic N) is 2. The molecule has 0 unspecified atom stereocenters. The molecule has 0 saturated heterocycles. The first-order valence-corrected chi connectivity index (χ1v) is 7.52. The van der Waals surface area contributed by atoms with E-state index < -0.39 is 0 Å². The van der Waals surface area contributed by atoms with Crippen LogP contribution in [0.25, 0.3) is 33.1 Å². The summed E-state index contributed by atoms with van der Waals surface area (Å²) in [6, 6.07) is 23.6. The summed E-state index contributed by atoms with van der Waals surface area (Å²) in [5, 5.41) is 3.88. The molecule has 0 bridgehead atoms. The molecule has 4 aromatic rings. The molecule has 0 atom stereocenters. The number of aryl methyl sites for hydroxylation is 2. The molecule has 0 saturated carbocycles. The molecule has 0 spiro atoms. The first-order valence-electron chi connectivity index (χ1n) is 7.52. The van der Waals surface area contributed by atoms with Gasteiger partial charge in [-0.15, -0.1) is 0 Å². The van der Waals surface area contributed by atoms with Gasteiger partial charge in [-0.2, -0.15) is 9.13 Å². The first kappa shape index (κ1) is 18.2. The Morgan fingerprint density at radius 3 is 1.92 bits per heavy atom. The topological polar surface area (TPSA) is 7.76 Å². The quantitative estimate of drug-likeness (QED) is 0.259. The summed E-state index contributed by atoms with van der Waals surface area (Å²) in [5.41, 5.74) is 3.71. The lowest BCUT2D eigenvalue weighted by Gasteiger charge is -2.07. The van der Waals surface area contributed by atoms with Crippen LogP contribution >= 0.6 is 0 Å². The number of aromatic nitrogens is 2. The van der Waals surface area contributed by atoms with Crippen LogP contribution in [0.15, 0.2) is 72.9 Å². The summed E-state index contributed by atoms with van der Waals surface area (Å²) in [6.45, 7) is 0. The predicted octanol–water partition coefficient (Wildman–Crippen LogP) is -2.68. The molecule has 0 aliphatic heterocycles. The smallest absolute Gasteiger partial charge is 0.285 e. The van der Waals surface area contributed by atoms with E-state index >= 15 is 0 Å². The lowest BCUT2D eigenvalue weighted by molar-refractivity contribution is -0.679. The van der Waals surface area contributed by atoms with Gasteiger partial charge < -0.3 is 24.8 Å². The molecule has 0 aliphatic carbocycles. The van der Waals surface area contributed by atoms with Crippen molar-refractivity contribution in [1.82, 2.24) is 0 Å². The van der Waals surface area contributed by atoms with Crippen molar-refractivity contribution in [2.24, 2.45) is 14.1 Å². The van der Waals surface area contributed by atoms with E-state index in [4.69, 9.17) is 0 Å². The summed E-state index contributed by atoms with van der Waals surface area (Å²) in [4.78, 5) is 0. The van der Waals surface area contributed by atoms with E-state index in [1.165, 1.54) is 33.1 Å². The van der Waals surface area contributed by atoms with Gasteiger partial charge in [0.15, 0.2) is 6.20 Å². The molecular weight excluding hydrogens is 339 g/mol. The lowest BCUT2D eigenvalue weighted by atomic mass is 10.0. The van der Waals surface area contributed by atoms with Crippen molar-refractivity contribution in [3.8, 4) is 11.4 Å². The lowest BCUT2D eigenvalue weighted by Crippen LogP contribution is -3.00. The van der Waals surface area contributed by atoms with Crippen LogP contribution in [0.2, 0.25) is 0 Å². The molecule has 2 aromatic heterocycles. The molecule has 122 valence electrons. The fraction of sp³-hybridized carbons (Fsp3) is 0.100. The van der Waals surface area contributed by atoms with Crippen LogP contribution in [0.1, 0.15) is 0 Å². The maximum absolute atomic E-state index is 2.30. The van der Waals surface area contributed by atoms with E-state index in [9.17, 15) is 0 Å². The number of pyridine rings is 2. The Morgan fingerprint density at radius 1 is 0.625 bits per heavy atom. The predicted molar refractivity (Wildman–Crippen MR) is 89.2 cm³/mol. The Bertz CT molecular complexity index is 1010. The van der Waals surface area contributed by atoms with E-state index in [-0.39, 0.29) is 24.8 Å². The van der Waals surface area contributed by atoms with E-state index in [2.05, 4.69) is 96.2 Å². The Labute approximate surface area is 154 Å². The largest absolute Gasteiger partial charge is 1.00 e. The van der Waals surface area contributed by atoms with Crippen LogP contribution < -0.4 is 33.9 Å². The second kappa shape index (κ2) is 7.16. The molecule has 0 fully saturated rings. The van der Waals surface area contributed by atoms with Gasteiger partial charge in [0.2, 0.25) is 5.52 Å². The fourth-order valence-electron chi connectivity index (χ4n) is 3.30. The van der Waals surface area contributed by atoms with Gasteiger partial charge in [0, 0.05) is 23.6 Å². The summed E-state index contributed by atoms with van der Waals surface area (Å²) in [7, 11) is 4.25. The van der Waals surface area contributed by atoms with Crippen molar-refractivity contribution in [2.45, 2.75) is 0 Å². The number of hydrogen-bond donors (Lipinski definition) is 0. The van der Waals surface area contributed by atoms with E-state index in [1.54, 1.807) is 0 Å². The zero-order valence-electron chi connectivity index (χ0n) is 13.6. The Morgan fingerprint density at radius 2 is 1.21 bits per heavy atom. The van der Waals surface area contributed by atoms with Crippen molar-refractivity contribution < 1.29 is 33.9 Å². The highest BCUT2D eigenvalue weighted by Gasteiger charge is 2.25. The average molecular weight is 357 g/mol. The molecular formula is C20H18Cl2N2. The molecule has 0 N–H and O–H groups in total. The van der Waals surface area contributed by atoms with E-state index in [1.807, 2.05) is 0 Å². The third kappa shape index (κ3) is 2.72. The van der Waals surface area contributed by atoms with Crippen molar-refractivity contribution in [2.75, 3.05) is 0 Å². The van der Waals surface area contributed by atoms with Crippen LogP contribution in [-0.2, 0) is 14.1 Å². The minimum absolute atomic E-state index is 0. The zero-order chi connectivity index (χ0) is 15.1. The number of rotatable bonds is 1. The van der Waals surface area contributed by atoms with Crippen LogP contribution in [0, 0.1) is 0 Å². The van der Waals surface area contributed by atoms with Crippen LogP contribution in [0.4, 0.5) is 0 Å². The number of fused-ring (bicyclic) bond motifs is 3. The second-order valence-corrected chi connectivity index (χ2v) is 5.67. The van der Waals surface area contributed by atoms with Gasteiger partial charge in [0.1, 0.15) is 14.1 Å². The molecule has 2 aromatic carbocycles. The van der Waals surface area contributed by atoms with Gasteiger partial charge >= 0.3 is 0 Å². The molecule has 0 amide bonds. The molecule has 4 rings (SSSR count). The number of benzene rings is 2. The fourth-order valence-corrected chi connectivity index (χ4v) is 3.30. The first-order chi connectivity index (χ1) is 10.8. The third-order valence-electron chi connectivity index (χ3n) is 4.37. The van der Waals surface area contributed by atoms with E-state index in [0.717, 1.165) is 0 Å². The minimum Gasteiger partial charge on any atom is -1.00 e. The third-order valence-corrected chi connectivity index (χ3v) is 4.37. The Hall–Kier alpha value is -2.16. The minimum atomic E-state index is 0. The molecule has 2 heterocycles. The van der Waals surface area contributed by atoms with Gasteiger partial charge in [-0.25, -0.2) is 0 Å². The highest BCUT2D eigenvalue weighted by molar-refractivity contribution is 6.08. The standard InChI is InChI=1S/C20H18N2.2ClH/c1-21-14-8-7-13-19(21)20-17-11-4-3-9-15(17)16-10-5-6-12-18(16)22(20)2;;/h3-14H,1-2H3;2*1H/q+2;;/p-2. The van der Waals surface area contributed by atoms with Crippen molar-refractivity contribution in [3.05, 3.63) is 72.9 Å². The van der Waals surface area contributed by atoms with Crippen molar-refractivity contribution in [3.63, 3.8) is 0 Å². The summed E-state index contributed by atoms with van der Waals surface area (Å²) < 4.78 is 4.48. The summed E-state index contributed by atoms with van der Waals surface area (Å²) in [6.07, 6.45) is 2.10. The molecule has 24 heavy (non-hydrogen) atoms. The van der Waals surface area contributed by atoms with Gasteiger partial charge in [-0.3, -0.25) is 0 Å². The Kier molecular flexibility index (Phi) is 5.43. The van der Waals surface area contributed by atoms with Crippen molar-refractivity contribution >= 4 is 21.7 Å². The van der Waals surface area contributed by atoms with E-state index in [0.29, 0.717) is 0 Å². The van der Waals surface area contributed by atoms with Crippen LogP contribution in [0.5, 0.6) is 0 Å². The monoisotopic (exact) mass is 356 g/mol. The number of halogens is 2. The molecule has 0 aliphatic rings. The number of para-hydroxylation sites is 1. The highest BCUT2D eigenvalue weighted by Crippen LogP contribution is 2.29. The Balaban J connectivity index is 0.00000104. The molecule has 2 nitrogen and oxygen atoms in total. The summed E-state index contributed by atoms with van der Waals surface area (Å²) >= 11 is 0. The maximum Gasteiger partial charge on any atom is 0.285 e. The van der Waals surface area contributed by atoms with Crippen LogP contribution in [0.3, 0.4) is 0 Å². The van der Waals surface area contributed by atoms with Crippen LogP contribution in [-0.4, -0.2) is 0 Å².